The standard InChI is InChI=1S/C11H16F3NOS/c1-8-5-9(6-17-8)10(15-2)3-4-16-7-11(12,13)14/h5-6,10,15H,3-4,7H2,1-2H3. The molecule has 0 aromatic carbocycles. The summed E-state index contributed by atoms with van der Waals surface area (Å²) in [6, 6.07) is 2.09. The third-order valence-corrected chi connectivity index (χ3v) is 3.20. The van der Waals surface area contributed by atoms with Crippen molar-refractivity contribution < 1.29 is 17.9 Å². The van der Waals surface area contributed by atoms with Crippen LogP contribution < -0.4 is 5.32 Å². The van der Waals surface area contributed by atoms with Crippen LogP contribution in [0.3, 0.4) is 0 Å². The molecule has 0 aliphatic rings. The normalized spacial score (nSPS) is 13.9. The van der Waals surface area contributed by atoms with E-state index in [4.69, 9.17) is 0 Å². The van der Waals surface area contributed by atoms with Crippen LogP contribution in [0, 0.1) is 6.92 Å². The second kappa shape index (κ2) is 6.37. The van der Waals surface area contributed by atoms with Crippen molar-refractivity contribution in [2.75, 3.05) is 20.3 Å². The molecule has 1 aromatic heterocycles. The van der Waals surface area contributed by atoms with E-state index in [0.717, 1.165) is 5.56 Å². The number of alkyl halides is 3. The van der Waals surface area contributed by atoms with E-state index in [1.807, 2.05) is 18.4 Å². The second-order valence-corrected chi connectivity index (χ2v) is 4.90. The van der Waals surface area contributed by atoms with Crippen molar-refractivity contribution in [3.05, 3.63) is 21.9 Å². The maximum Gasteiger partial charge on any atom is 0.411 e. The van der Waals surface area contributed by atoms with E-state index in [0.29, 0.717) is 6.42 Å². The van der Waals surface area contributed by atoms with Gasteiger partial charge in [-0.05, 0) is 37.4 Å². The average Bonchev–Trinajstić information content (AvgIpc) is 2.63. The molecule has 98 valence electrons. The Kier molecular flexibility index (Phi) is 5.42. The van der Waals surface area contributed by atoms with Gasteiger partial charge in [-0.3, -0.25) is 0 Å². The highest BCUT2D eigenvalue weighted by molar-refractivity contribution is 7.10. The number of halogens is 3. The average molecular weight is 267 g/mol. The number of hydrogen-bond donors (Lipinski definition) is 1. The first-order chi connectivity index (χ1) is 7.92. The second-order valence-electron chi connectivity index (χ2n) is 3.79. The maximum absolute atomic E-state index is 11.8. The van der Waals surface area contributed by atoms with Crippen LogP contribution in [0.5, 0.6) is 0 Å². The van der Waals surface area contributed by atoms with Crippen LogP contribution in [0.15, 0.2) is 11.4 Å². The first-order valence-electron chi connectivity index (χ1n) is 5.29. The summed E-state index contributed by atoms with van der Waals surface area (Å²) >= 11 is 1.63. The molecule has 2 nitrogen and oxygen atoms in total. The SMILES string of the molecule is CNC(CCOCC(F)(F)F)c1csc(C)c1. The van der Waals surface area contributed by atoms with Crippen molar-refractivity contribution in [3.8, 4) is 0 Å². The lowest BCUT2D eigenvalue weighted by Gasteiger charge is -2.15. The molecular weight excluding hydrogens is 251 g/mol. The number of rotatable bonds is 6. The van der Waals surface area contributed by atoms with Gasteiger partial charge in [0.05, 0.1) is 0 Å². The lowest BCUT2D eigenvalue weighted by molar-refractivity contribution is -0.174. The molecule has 0 aliphatic carbocycles. The van der Waals surface area contributed by atoms with E-state index in [1.165, 1.54) is 4.88 Å². The predicted molar refractivity (Wildman–Crippen MR) is 62.3 cm³/mol. The Morgan fingerprint density at radius 1 is 1.47 bits per heavy atom. The molecule has 0 amide bonds. The minimum atomic E-state index is -4.24. The van der Waals surface area contributed by atoms with Crippen LogP contribution in [0.25, 0.3) is 0 Å². The fourth-order valence-corrected chi connectivity index (χ4v) is 2.27. The number of ether oxygens (including phenoxy) is 1. The monoisotopic (exact) mass is 267 g/mol. The van der Waals surface area contributed by atoms with Gasteiger partial charge in [-0.2, -0.15) is 13.2 Å². The Morgan fingerprint density at radius 3 is 2.65 bits per heavy atom. The molecular formula is C11H16F3NOS. The Bertz CT molecular complexity index is 338. The molecule has 0 spiro atoms. The fraction of sp³-hybridized carbons (Fsp3) is 0.636. The van der Waals surface area contributed by atoms with Crippen molar-refractivity contribution in [2.24, 2.45) is 0 Å². The zero-order valence-electron chi connectivity index (χ0n) is 9.80. The lowest BCUT2D eigenvalue weighted by Crippen LogP contribution is -2.21. The first kappa shape index (κ1) is 14.5. The molecule has 0 radical (unpaired) electrons. The summed E-state index contributed by atoms with van der Waals surface area (Å²) in [7, 11) is 1.79. The van der Waals surface area contributed by atoms with Gasteiger partial charge in [0.15, 0.2) is 0 Å². The number of nitrogens with one attached hydrogen (secondary N) is 1. The summed E-state index contributed by atoms with van der Waals surface area (Å²) in [5, 5.41) is 5.09. The highest BCUT2D eigenvalue weighted by Crippen LogP contribution is 2.23. The predicted octanol–water partition coefficient (Wildman–Crippen LogP) is 3.29. The minimum absolute atomic E-state index is 0.0492. The Labute approximate surface area is 103 Å². The van der Waals surface area contributed by atoms with Crippen molar-refractivity contribution in [3.63, 3.8) is 0 Å². The van der Waals surface area contributed by atoms with Crippen LogP contribution in [-0.2, 0) is 4.74 Å². The number of aryl methyl sites for hydroxylation is 1. The molecule has 0 fully saturated rings. The fourth-order valence-electron chi connectivity index (χ4n) is 1.51. The van der Waals surface area contributed by atoms with E-state index in [9.17, 15) is 13.2 Å². The van der Waals surface area contributed by atoms with E-state index in [1.54, 1.807) is 18.4 Å². The Balaban J connectivity index is 2.33. The highest BCUT2D eigenvalue weighted by atomic mass is 32.1. The molecule has 17 heavy (non-hydrogen) atoms. The van der Waals surface area contributed by atoms with Gasteiger partial charge in [-0.15, -0.1) is 11.3 Å². The third-order valence-electron chi connectivity index (χ3n) is 2.32. The van der Waals surface area contributed by atoms with Crippen molar-refractivity contribution >= 4 is 11.3 Å². The van der Waals surface area contributed by atoms with Crippen molar-refractivity contribution in [2.45, 2.75) is 25.6 Å². The van der Waals surface area contributed by atoms with Crippen LogP contribution in [0.1, 0.15) is 22.9 Å². The van der Waals surface area contributed by atoms with Crippen LogP contribution in [-0.4, -0.2) is 26.4 Å². The smallest absolute Gasteiger partial charge is 0.372 e. The summed E-state index contributed by atoms with van der Waals surface area (Å²) < 4.78 is 40.1. The molecule has 1 rings (SSSR count). The molecule has 1 heterocycles. The van der Waals surface area contributed by atoms with Crippen LogP contribution in [0.4, 0.5) is 13.2 Å². The zero-order valence-corrected chi connectivity index (χ0v) is 10.6. The van der Waals surface area contributed by atoms with E-state index in [-0.39, 0.29) is 12.6 Å². The molecule has 1 atom stereocenters. The number of hydrogen-bond acceptors (Lipinski definition) is 3. The summed E-state index contributed by atoms with van der Waals surface area (Å²) in [5.74, 6) is 0. The first-order valence-corrected chi connectivity index (χ1v) is 6.17. The van der Waals surface area contributed by atoms with Gasteiger partial charge in [-0.1, -0.05) is 0 Å². The third kappa shape index (κ3) is 5.52. The maximum atomic E-state index is 11.8. The van der Waals surface area contributed by atoms with Crippen LogP contribution >= 0.6 is 11.3 Å². The molecule has 0 saturated heterocycles. The van der Waals surface area contributed by atoms with Gasteiger partial charge in [0.2, 0.25) is 0 Å². The quantitative estimate of drug-likeness (QED) is 0.799. The van der Waals surface area contributed by atoms with E-state index >= 15 is 0 Å². The summed E-state index contributed by atoms with van der Waals surface area (Å²) in [5.41, 5.74) is 1.10. The topological polar surface area (TPSA) is 21.3 Å². The Hall–Kier alpha value is -0.590. The van der Waals surface area contributed by atoms with Gasteiger partial charge >= 0.3 is 6.18 Å². The summed E-state index contributed by atoms with van der Waals surface area (Å²) in [6.45, 7) is 0.924. The highest BCUT2D eigenvalue weighted by Gasteiger charge is 2.27. The van der Waals surface area contributed by atoms with Crippen molar-refractivity contribution in [1.82, 2.24) is 5.32 Å². The number of thiophene rings is 1. The van der Waals surface area contributed by atoms with Gasteiger partial charge in [0.1, 0.15) is 6.61 Å². The van der Waals surface area contributed by atoms with Gasteiger partial charge < -0.3 is 10.1 Å². The molecule has 0 bridgehead atoms. The Morgan fingerprint density at radius 2 is 2.18 bits per heavy atom. The lowest BCUT2D eigenvalue weighted by atomic mass is 10.1. The largest absolute Gasteiger partial charge is 0.411 e. The molecule has 1 unspecified atom stereocenters. The molecule has 0 saturated carbocycles. The van der Waals surface area contributed by atoms with Gasteiger partial charge in [-0.25, -0.2) is 0 Å². The molecule has 1 N–H and O–H groups in total. The van der Waals surface area contributed by atoms with Crippen molar-refractivity contribution in [1.29, 1.82) is 0 Å². The summed E-state index contributed by atoms with van der Waals surface area (Å²) in [4.78, 5) is 1.19. The molecule has 6 heteroatoms. The van der Waals surface area contributed by atoms with E-state index < -0.39 is 12.8 Å². The van der Waals surface area contributed by atoms with Crippen LogP contribution in [0.2, 0.25) is 0 Å². The zero-order chi connectivity index (χ0) is 12.9. The van der Waals surface area contributed by atoms with E-state index in [2.05, 4.69) is 10.1 Å². The van der Waals surface area contributed by atoms with Gasteiger partial charge in [0, 0.05) is 17.5 Å². The molecule has 0 aliphatic heterocycles. The molecule has 1 aromatic rings. The summed E-state index contributed by atoms with van der Waals surface area (Å²) in [6.07, 6.45) is -3.71. The minimum Gasteiger partial charge on any atom is -0.372 e. The van der Waals surface area contributed by atoms with Gasteiger partial charge in [0.25, 0.3) is 0 Å².